The van der Waals surface area contributed by atoms with Gasteiger partial charge < -0.3 is 9.84 Å². The van der Waals surface area contributed by atoms with Crippen LogP contribution in [-0.2, 0) is 0 Å². The van der Waals surface area contributed by atoms with Gasteiger partial charge in [0.1, 0.15) is 11.9 Å². The van der Waals surface area contributed by atoms with Gasteiger partial charge in [0, 0.05) is 28.6 Å². The smallest absolute Gasteiger partial charge is 0.127 e. The van der Waals surface area contributed by atoms with Gasteiger partial charge in [-0.25, -0.2) is 0 Å². The minimum absolute atomic E-state index is 0.134. The molecule has 1 aliphatic rings. The van der Waals surface area contributed by atoms with Crippen molar-refractivity contribution in [3.8, 4) is 5.75 Å². The molecule has 0 radical (unpaired) electrons. The second-order valence-electron chi connectivity index (χ2n) is 4.46. The van der Waals surface area contributed by atoms with Crippen LogP contribution in [0.25, 0.3) is 10.8 Å². The molecule has 0 amide bonds. The van der Waals surface area contributed by atoms with Crippen molar-refractivity contribution in [3.63, 3.8) is 0 Å². The van der Waals surface area contributed by atoms with Gasteiger partial charge in [0.2, 0.25) is 0 Å². The standard InChI is InChI=1S/C14H13ClO2/c15-13-5-6-14(17-10-7-9(16)8-10)12-4-2-1-3-11(12)13/h1-6,9-10,16H,7-8H2. The molecule has 88 valence electrons. The van der Waals surface area contributed by atoms with Crippen LogP contribution in [0.5, 0.6) is 5.75 Å². The number of hydrogen-bond donors (Lipinski definition) is 1. The van der Waals surface area contributed by atoms with Gasteiger partial charge in [-0.15, -0.1) is 0 Å². The largest absolute Gasteiger partial charge is 0.490 e. The van der Waals surface area contributed by atoms with Gasteiger partial charge >= 0.3 is 0 Å². The number of benzene rings is 2. The topological polar surface area (TPSA) is 29.5 Å². The van der Waals surface area contributed by atoms with Crippen LogP contribution in [0.1, 0.15) is 12.8 Å². The molecule has 1 fully saturated rings. The summed E-state index contributed by atoms with van der Waals surface area (Å²) in [5, 5.41) is 12.0. The molecule has 0 saturated heterocycles. The maximum absolute atomic E-state index is 9.25. The predicted octanol–water partition coefficient (Wildman–Crippen LogP) is 3.40. The fourth-order valence-electron chi connectivity index (χ4n) is 2.15. The zero-order valence-electron chi connectivity index (χ0n) is 9.27. The maximum atomic E-state index is 9.25. The van der Waals surface area contributed by atoms with Crippen LogP contribution in [0.2, 0.25) is 5.02 Å². The van der Waals surface area contributed by atoms with E-state index in [1.54, 1.807) is 0 Å². The van der Waals surface area contributed by atoms with Crippen molar-refractivity contribution in [2.24, 2.45) is 0 Å². The first-order chi connectivity index (χ1) is 8.24. The minimum Gasteiger partial charge on any atom is -0.490 e. The molecular formula is C14H13ClO2. The SMILES string of the molecule is OC1CC(Oc2ccc(Cl)c3ccccc23)C1. The van der Waals surface area contributed by atoms with Gasteiger partial charge in [-0.1, -0.05) is 35.9 Å². The van der Waals surface area contributed by atoms with E-state index in [0.717, 1.165) is 34.4 Å². The molecule has 3 rings (SSSR count). The lowest BCUT2D eigenvalue weighted by Crippen LogP contribution is -2.37. The minimum atomic E-state index is -0.196. The van der Waals surface area contributed by atoms with E-state index in [1.165, 1.54) is 0 Å². The normalized spacial score (nSPS) is 23.4. The molecule has 0 bridgehead atoms. The molecule has 0 aromatic heterocycles. The van der Waals surface area contributed by atoms with Crippen molar-refractivity contribution in [3.05, 3.63) is 41.4 Å². The predicted molar refractivity (Wildman–Crippen MR) is 68.6 cm³/mol. The Balaban J connectivity index is 1.96. The number of hydrogen-bond acceptors (Lipinski definition) is 2. The van der Waals surface area contributed by atoms with Gasteiger partial charge in [0.05, 0.1) is 6.10 Å². The number of aliphatic hydroxyl groups excluding tert-OH is 1. The van der Waals surface area contributed by atoms with Crippen LogP contribution < -0.4 is 4.74 Å². The summed E-state index contributed by atoms with van der Waals surface area (Å²) in [5.41, 5.74) is 0. The number of ether oxygens (including phenoxy) is 1. The Morgan fingerprint density at radius 3 is 2.47 bits per heavy atom. The summed E-state index contributed by atoms with van der Waals surface area (Å²) in [5.74, 6) is 0.849. The third kappa shape index (κ3) is 1.99. The average molecular weight is 249 g/mol. The van der Waals surface area contributed by atoms with Crippen LogP contribution in [0, 0.1) is 0 Å². The van der Waals surface area contributed by atoms with Crippen LogP contribution >= 0.6 is 11.6 Å². The lowest BCUT2D eigenvalue weighted by Gasteiger charge is -2.32. The second kappa shape index (κ2) is 4.21. The Morgan fingerprint density at radius 1 is 1.06 bits per heavy atom. The van der Waals surface area contributed by atoms with Gasteiger partial charge in [-0.2, -0.15) is 0 Å². The number of rotatable bonds is 2. The van der Waals surface area contributed by atoms with E-state index in [2.05, 4.69) is 0 Å². The fourth-order valence-corrected chi connectivity index (χ4v) is 2.38. The molecule has 3 heteroatoms. The molecule has 0 unspecified atom stereocenters. The van der Waals surface area contributed by atoms with E-state index in [4.69, 9.17) is 16.3 Å². The Bertz CT molecular complexity index is 547. The molecule has 1 N–H and O–H groups in total. The molecule has 1 saturated carbocycles. The Labute approximate surface area is 105 Å². The van der Waals surface area contributed by atoms with Gasteiger partial charge in [-0.05, 0) is 12.1 Å². The van der Waals surface area contributed by atoms with E-state index < -0.39 is 0 Å². The van der Waals surface area contributed by atoms with E-state index in [1.807, 2.05) is 36.4 Å². The molecule has 2 nitrogen and oxygen atoms in total. The summed E-state index contributed by atoms with van der Waals surface area (Å²) < 4.78 is 5.87. The van der Waals surface area contributed by atoms with Crippen molar-refractivity contribution in [1.29, 1.82) is 0 Å². The lowest BCUT2D eigenvalue weighted by atomic mass is 9.92. The van der Waals surface area contributed by atoms with Crippen molar-refractivity contribution >= 4 is 22.4 Å². The summed E-state index contributed by atoms with van der Waals surface area (Å²) in [6, 6.07) is 11.7. The van der Waals surface area contributed by atoms with E-state index >= 15 is 0 Å². The fraction of sp³-hybridized carbons (Fsp3) is 0.286. The van der Waals surface area contributed by atoms with Crippen LogP contribution in [0.4, 0.5) is 0 Å². The Kier molecular flexibility index (Phi) is 2.69. The molecule has 1 aliphatic carbocycles. The summed E-state index contributed by atoms with van der Waals surface area (Å²) >= 11 is 6.14. The van der Waals surface area contributed by atoms with Crippen LogP contribution in [0.3, 0.4) is 0 Å². The average Bonchev–Trinajstić information content (AvgIpc) is 2.31. The number of aliphatic hydroxyl groups is 1. The van der Waals surface area contributed by atoms with E-state index in [9.17, 15) is 5.11 Å². The van der Waals surface area contributed by atoms with Crippen molar-refractivity contribution < 1.29 is 9.84 Å². The molecule has 0 spiro atoms. The van der Waals surface area contributed by atoms with Crippen LogP contribution in [0.15, 0.2) is 36.4 Å². The highest BCUT2D eigenvalue weighted by Gasteiger charge is 2.29. The molecule has 0 heterocycles. The zero-order chi connectivity index (χ0) is 11.8. The summed E-state index contributed by atoms with van der Waals surface area (Å²) in [6.07, 6.45) is 1.38. The monoisotopic (exact) mass is 248 g/mol. The van der Waals surface area contributed by atoms with Gasteiger partial charge in [0.15, 0.2) is 0 Å². The summed E-state index contributed by atoms with van der Waals surface area (Å²) in [6.45, 7) is 0. The third-order valence-corrected chi connectivity index (χ3v) is 3.52. The first kappa shape index (κ1) is 10.9. The Morgan fingerprint density at radius 2 is 1.76 bits per heavy atom. The van der Waals surface area contributed by atoms with Crippen molar-refractivity contribution in [1.82, 2.24) is 0 Å². The first-order valence-corrected chi connectivity index (χ1v) is 6.14. The molecule has 2 aromatic carbocycles. The van der Waals surface area contributed by atoms with Crippen molar-refractivity contribution in [2.75, 3.05) is 0 Å². The molecule has 17 heavy (non-hydrogen) atoms. The van der Waals surface area contributed by atoms with E-state index in [0.29, 0.717) is 0 Å². The number of fused-ring (bicyclic) bond motifs is 1. The van der Waals surface area contributed by atoms with Gasteiger partial charge in [-0.3, -0.25) is 0 Å². The zero-order valence-corrected chi connectivity index (χ0v) is 10.0. The molecule has 0 aliphatic heterocycles. The molecular weight excluding hydrogens is 236 g/mol. The quantitative estimate of drug-likeness (QED) is 0.883. The Hall–Kier alpha value is -1.25. The highest BCUT2D eigenvalue weighted by molar-refractivity contribution is 6.35. The highest BCUT2D eigenvalue weighted by atomic mass is 35.5. The third-order valence-electron chi connectivity index (χ3n) is 3.19. The van der Waals surface area contributed by atoms with Crippen LogP contribution in [-0.4, -0.2) is 17.3 Å². The first-order valence-electron chi connectivity index (χ1n) is 5.76. The molecule has 2 aromatic rings. The summed E-state index contributed by atoms with van der Waals surface area (Å²) in [4.78, 5) is 0. The summed E-state index contributed by atoms with van der Waals surface area (Å²) in [7, 11) is 0. The lowest BCUT2D eigenvalue weighted by molar-refractivity contribution is -0.0100. The number of halogens is 1. The molecule has 0 atom stereocenters. The maximum Gasteiger partial charge on any atom is 0.127 e. The second-order valence-corrected chi connectivity index (χ2v) is 4.86. The van der Waals surface area contributed by atoms with Crippen molar-refractivity contribution in [2.45, 2.75) is 25.0 Å². The highest BCUT2D eigenvalue weighted by Crippen LogP contribution is 2.34. The van der Waals surface area contributed by atoms with Gasteiger partial charge in [0.25, 0.3) is 0 Å². The van der Waals surface area contributed by atoms with E-state index in [-0.39, 0.29) is 12.2 Å².